The lowest BCUT2D eigenvalue weighted by Gasteiger charge is -2.21. The molecule has 0 amide bonds. The second-order valence-electron chi connectivity index (χ2n) is 36.7. The molecule has 4 heterocycles. The predicted octanol–water partition coefficient (Wildman–Crippen LogP) is 26.1. The highest BCUT2D eigenvalue weighted by Gasteiger charge is 2.29. The molecule has 4 heteroatoms. The van der Waals surface area contributed by atoms with Gasteiger partial charge >= 0.3 is 0 Å². The van der Waals surface area contributed by atoms with Crippen LogP contribution in [-0.2, 0) is 43.3 Å². The number of aromatic nitrogens is 4. The van der Waals surface area contributed by atoms with E-state index in [2.05, 4.69) is 366 Å². The van der Waals surface area contributed by atoms with Crippen molar-refractivity contribution >= 4 is 87.2 Å². The van der Waals surface area contributed by atoms with Gasteiger partial charge in [0.25, 0.3) is 0 Å². The molecular weight excluding hydrogens is 1160 g/mol. The average molecular weight is 1260 g/mol. The maximum atomic E-state index is 2.57. The predicted molar refractivity (Wildman–Crippen MR) is 419 cm³/mol. The number of hydrogen-bond donors (Lipinski definition) is 0. The second kappa shape index (κ2) is 21.4. The summed E-state index contributed by atoms with van der Waals surface area (Å²) in [5.74, 6) is 0. The van der Waals surface area contributed by atoms with Gasteiger partial charge < -0.3 is 18.3 Å². The number of benzene rings is 10. The molecule has 0 spiro atoms. The molecule has 14 rings (SSSR count). The minimum Gasteiger partial charge on any atom is -0.309 e. The summed E-state index contributed by atoms with van der Waals surface area (Å²) < 4.78 is 10.3. The van der Waals surface area contributed by atoms with Crippen LogP contribution in [-0.4, -0.2) is 18.3 Å². The van der Waals surface area contributed by atoms with Crippen LogP contribution in [0, 0.1) is 0 Å². The largest absolute Gasteiger partial charge is 0.309 e. The maximum absolute atomic E-state index is 2.57. The molecule has 0 N–H and O–H groups in total. The lowest BCUT2D eigenvalue weighted by molar-refractivity contribution is 0.590. The molecule has 0 fully saturated rings. The fourth-order valence-corrected chi connectivity index (χ4v) is 15.0. The van der Waals surface area contributed by atoms with E-state index in [-0.39, 0.29) is 43.3 Å². The van der Waals surface area contributed by atoms with E-state index in [4.69, 9.17) is 0 Å². The minimum absolute atomic E-state index is 0.0451. The number of rotatable bonds is 5. The smallest absolute Gasteiger partial charge is 0.0541 e. The maximum Gasteiger partial charge on any atom is 0.0541 e. The zero-order valence-electron chi connectivity index (χ0n) is 62.1. The molecule has 0 aliphatic carbocycles. The van der Waals surface area contributed by atoms with Crippen molar-refractivity contribution in [2.75, 3.05) is 0 Å². The van der Waals surface area contributed by atoms with Gasteiger partial charge in [0.1, 0.15) is 0 Å². The van der Waals surface area contributed by atoms with Crippen LogP contribution in [0.3, 0.4) is 0 Å². The van der Waals surface area contributed by atoms with E-state index >= 15 is 0 Å². The Bertz CT molecular complexity index is 4550. The molecule has 4 aromatic heterocycles. The SMILES string of the molecule is CC(C)(C)c1ccc2c(c1)c1cc(C(C)(C)C)ccc1n2-c1cc(-c2cc(-n3c4ccc(C(C)(C)C)cc4c4cc(C(C)(C)C)ccc43)cc(-n3c4ccc(C(C)(C)C)cc4c4cc(C(C)(C)C)ccc43)c2)cc(-n2c3ccc(C(C)(C)C)cc3c3cc(C(C)(C)C)ccc32)c1. The molecule has 4 nitrogen and oxygen atoms in total. The van der Waals surface area contributed by atoms with Crippen LogP contribution in [0.1, 0.15) is 211 Å². The monoisotopic (exact) mass is 1260 g/mol. The molecule has 96 heavy (non-hydrogen) atoms. The Morgan fingerprint density at radius 2 is 0.281 bits per heavy atom. The normalized spacial score (nSPS) is 13.6. The van der Waals surface area contributed by atoms with Crippen molar-refractivity contribution in [3.8, 4) is 33.9 Å². The van der Waals surface area contributed by atoms with Crippen LogP contribution >= 0.6 is 0 Å². The van der Waals surface area contributed by atoms with Crippen LogP contribution < -0.4 is 0 Å². The fourth-order valence-electron chi connectivity index (χ4n) is 15.0. The Morgan fingerprint density at radius 3 is 0.396 bits per heavy atom. The fraction of sp³-hybridized carbons (Fsp3) is 0.348. The third kappa shape index (κ3) is 11.0. The summed E-state index contributed by atoms with van der Waals surface area (Å²) in [6.07, 6.45) is 0. The molecule has 490 valence electrons. The van der Waals surface area contributed by atoms with Gasteiger partial charge in [-0.05, 0) is 232 Å². The van der Waals surface area contributed by atoms with Gasteiger partial charge in [-0.25, -0.2) is 0 Å². The van der Waals surface area contributed by atoms with E-state index in [1.807, 2.05) is 0 Å². The van der Waals surface area contributed by atoms with Crippen molar-refractivity contribution in [1.29, 1.82) is 0 Å². The van der Waals surface area contributed by atoms with Gasteiger partial charge in [0.05, 0.1) is 44.1 Å². The van der Waals surface area contributed by atoms with Crippen molar-refractivity contribution in [3.05, 3.63) is 226 Å². The lowest BCUT2D eigenvalue weighted by Crippen LogP contribution is -2.10. The van der Waals surface area contributed by atoms with E-state index in [0.717, 1.165) is 33.9 Å². The summed E-state index contributed by atoms with van der Waals surface area (Å²) in [6, 6.07) is 73.0. The van der Waals surface area contributed by atoms with E-state index in [1.165, 1.54) is 132 Å². The number of nitrogens with zero attached hydrogens (tertiary/aromatic N) is 4. The molecule has 10 aromatic carbocycles. The van der Waals surface area contributed by atoms with Gasteiger partial charge in [-0.15, -0.1) is 0 Å². The Balaban J connectivity index is 1.16. The topological polar surface area (TPSA) is 19.7 Å². The summed E-state index contributed by atoms with van der Waals surface area (Å²) in [5.41, 5.74) is 26.5. The van der Waals surface area contributed by atoms with Gasteiger partial charge in [-0.1, -0.05) is 215 Å². The lowest BCUT2D eigenvalue weighted by atomic mass is 9.85. The van der Waals surface area contributed by atoms with Crippen molar-refractivity contribution in [3.63, 3.8) is 0 Å². The van der Waals surface area contributed by atoms with Crippen LogP contribution in [0.2, 0.25) is 0 Å². The van der Waals surface area contributed by atoms with E-state index in [9.17, 15) is 0 Å². The van der Waals surface area contributed by atoms with Crippen LogP contribution in [0.4, 0.5) is 0 Å². The third-order valence-corrected chi connectivity index (χ3v) is 21.2. The second-order valence-corrected chi connectivity index (χ2v) is 36.7. The Hall–Kier alpha value is -8.60. The highest BCUT2D eigenvalue weighted by molar-refractivity contribution is 6.14. The first kappa shape index (κ1) is 64.7. The first-order valence-corrected chi connectivity index (χ1v) is 35.3. The summed E-state index contributed by atoms with van der Waals surface area (Å²) in [5, 5.41) is 10.2. The van der Waals surface area contributed by atoms with Gasteiger partial charge in [-0.3, -0.25) is 0 Å². The van der Waals surface area contributed by atoms with Crippen LogP contribution in [0.25, 0.3) is 121 Å². The van der Waals surface area contributed by atoms with Crippen LogP contribution in [0.15, 0.2) is 182 Å². The highest BCUT2D eigenvalue weighted by atomic mass is 15.0. The summed E-state index contributed by atoms with van der Waals surface area (Å²) in [7, 11) is 0. The molecule has 0 saturated carbocycles. The molecule has 14 aromatic rings. The zero-order valence-corrected chi connectivity index (χ0v) is 62.1. The molecule has 0 atom stereocenters. The van der Waals surface area contributed by atoms with Crippen molar-refractivity contribution in [2.45, 2.75) is 209 Å². The molecule has 0 aliphatic heterocycles. The van der Waals surface area contributed by atoms with Gasteiger partial charge in [-0.2, -0.15) is 0 Å². The first-order chi connectivity index (χ1) is 44.6. The molecule has 0 bridgehead atoms. The minimum atomic E-state index is -0.0451. The summed E-state index contributed by atoms with van der Waals surface area (Å²) >= 11 is 0. The first-order valence-electron chi connectivity index (χ1n) is 35.3. The molecule has 0 saturated heterocycles. The number of hydrogen-bond acceptors (Lipinski definition) is 0. The quantitative estimate of drug-likeness (QED) is 0.164. The molecular formula is C92H102N4. The van der Waals surface area contributed by atoms with Gasteiger partial charge in [0.15, 0.2) is 0 Å². The van der Waals surface area contributed by atoms with Crippen molar-refractivity contribution < 1.29 is 0 Å². The Labute approximate surface area is 572 Å². The number of fused-ring (bicyclic) bond motifs is 12. The summed E-state index contributed by atoms with van der Waals surface area (Å²) in [4.78, 5) is 0. The van der Waals surface area contributed by atoms with Crippen LogP contribution in [0.5, 0.6) is 0 Å². The van der Waals surface area contributed by atoms with E-state index in [0.29, 0.717) is 0 Å². The van der Waals surface area contributed by atoms with Gasteiger partial charge in [0.2, 0.25) is 0 Å². The van der Waals surface area contributed by atoms with E-state index < -0.39 is 0 Å². The molecule has 0 radical (unpaired) electrons. The zero-order chi connectivity index (χ0) is 68.8. The Morgan fingerprint density at radius 1 is 0.156 bits per heavy atom. The highest BCUT2D eigenvalue weighted by Crippen LogP contribution is 2.46. The van der Waals surface area contributed by atoms with E-state index in [1.54, 1.807) is 0 Å². The average Bonchev–Trinajstić information content (AvgIpc) is 1.58. The van der Waals surface area contributed by atoms with Crippen molar-refractivity contribution in [2.24, 2.45) is 0 Å². The van der Waals surface area contributed by atoms with Gasteiger partial charge in [0, 0.05) is 65.8 Å². The third-order valence-electron chi connectivity index (χ3n) is 21.2. The molecule has 0 aliphatic rings. The van der Waals surface area contributed by atoms with Crippen molar-refractivity contribution in [1.82, 2.24) is 18.3 Å². The Kier molecular flexibility index (Phi) is 14.5. The molecule has 0 unspecified atom stereocenters. The standard InChI is InChI=1S/C92H102N4/c1-85(2,3)57-25-33-77-69(45-57)70-46-58(86(4,5)6)26-34-78(70)93(77)65-41-55(42-66(53-65)94-79-35-27-59(87(7,8)9)47-71(79)72-48-60(88(10,11)12)28-36-80(72)94)56-43-67(95-81-37-29-61(89(13,14)15)49-73(81)74-50-62(90(16,17)18)30-38-82(74)95)54-68(44-56)96-83-39-31-63(91(19,20)21)51-75(83)76-52-64(92(22,23)24)32-40-84(76)96/h25-54H,1-24H3. The summed E-state index contributed by atoms with van der Waals surface area (Å²) in [6.45, 7) is 56.1.